The standard InChI is InChI=1S/C82H153NO18/c1-3-5-7-9-11-13-15-17-19-21-23-25-27-28-29-30-31-32-33-34-35-36-38-40-42-44-46-48-50-52-54-56-58-60-70(88)83-65(66(87)59-57-55-53-51-49-47-45-43-41-39-37-26-24-22-20-18-16-14-12-10-8-6-4-2)64-96-80-76(94)73(91)78(68(62-85)98-80)101-82-77(95)74(92)79(69(63-86)99-82)100-81-75(93)72(90)71(89)67(61-84)97-81/h21,23,49,51,57,59,65-69,71-82,84-87,89-95H,3-20,22,24-48,50,52-56,58,60-64H2,1-2H3,(H,83,88)/b23-21-,51-49+,59-57+. The maximum Gasteiger partial charge on any atom is 0.220 e. The van der Waals surface area contributed by atoms with Crippen LogP contribution in [0.3, 0.4) is 0 Å². The Morgan fingerprint density at radius 2 is 0.634 bits per heavy atom. The fourth-order valence-electron chi connectivity index (χ4n) is 14.2. The van der Waals surface area contributed by atoms with Gasteiger partial charge in [0.15, 0.2) is 18.9 Å². The monoisotopic (exact) mass is 1440 g/mol. The Hall–Kier alpha value is -1.99. The number of carbonyl (C=O) groups excluding carboxylic acids is 1. The van der Waals surface area contributed by atoms with Gasteiger partial charge in [-0.3, -0.25) is 4.79 Å². The average Bonchev–Trinajstić information content (AvgIpc) is 0.783. The van der Waals surface area contributed by atoms with Gasteiger partial charge in [0.25, 0.3) is 0 Å². The zero-order valence-corrected chi connectivity index (χ0v) is 63.7. The molecule has 1 amide bonds. The molecule has 3 rings (SSSR count). The molecule has 19 nitrogen and oxygen atoms in total. The first-order chi connectivity index (χ1) is 49.3. The number of aliphatic hydroxyl groups excluding tert-OH is 11. The van der Waals surface area contributed by atoms with Gasteiger partial charge in [-0.1, -0.05) is 320 Å². The van der Waals surface area contributed by atoms with E-state index in [4.69, 9.17) is 28.4 Å². The molecule has 0 radical (unpaired) electrons. The second-order valence-corrected chi connectivity index (χ2v) is 29.9. The van der Waals surface area contributed by atoms with E-state index in [0.29, 0.717) is 12.8 Å². The van der Waals surface area contributed by atoms with Gasteiger partial charge in [0.05, 0.1) is 38.6 Å². The van der Waals surface area contributed by atoms with E-state index in [1.54, 1.807) is 6.08 Å². The Labute approximate surface area is 612 Å². The number of carbonyl (C=O) groups is 1. The van der Waals surface area contributed by atoms with Crippen molar-refractivity contribution in [3.8, 4) is 0 Å². The molecule has 594 valence electrons. The summed E-state index contributed by atoms with van der Waals surface area (Å²) in [6.45, 7) is 1.77. The van der Waals surface area contributed by atoms with Gasteiger partial charge >= 0.3 is 0 Å². The summed E-state index contributed by atoms with van der Waals surface area (Å²) >= 11 is 0. The van der Waals surface area contributed by atoms with E-state index in [1.165, 1.54) is 276 Å². The van der Waals surface area contributed by atoms with Crippen molar-refractivity contribution in [3.63, 3.8) is 0 Å². The molecule has 0 spiro atoms. The SMILES string of the molecule is CCCCCCCCCC/C=C\CCCCCCCCCCCCCCCCCCCCCCCC(=O)NC(COC1OC(CO)C(OC2OC(CO)C(OC3OC(CO)C(O)C(O)C3O)C(O)C2O)C(O)C1O)C(O)/C=C/CC/C=C/CCCCCCCCCCCCCCCCCCC. The van der Waals surface area contributed by atoms with Gasteiger partial charge in [0.2, 0.25) is 5.91 Å². The molecular weight excluding hydrogens is 1290 g/mol. The van der Waals surface area contributed by atoms with E-state index < -0.39 is 124 Å². The number of unbranched alkanes of at least 4 members (excludes halogenated alkanes) is 47. The topological polar surface area (TPSA) is 307 Å². The summed E-state index contributed by atoms with van der Waals surface area (Å²) < 4.78 is 34.5. The summed E-state index contributed by atoms with van der Waals surface area (Å²) in [5.74, 6) is -0.278. The predicted molar refractivity (Wildman–Crippen MR) is 402 cm³/mol. The quantitative estimate of drug-likeness (QED) is 0.0199. The Kier molecular flexibility index (Phi) is 58.1. The molecule has 0 aliphatic carbocycles. The van der Waals surface area contributed by atoms with Crippen LogP contribution in [0.4, 0.5) is 0 Å². The number of hydrogen-bond acceptors (Lipinski definition) is 18. The van der Waals surface area contributed by atoms with Crippen molar-refractivity contribution in [2.45, 2.75) is 452 Å². The molecule has 3 fully saturated rings. The first-order valence-corrected chi connectivity index (χ1v) is 41.7. The summed E-state index contributed by atoms with van der Waals surface area (Å²) in [6.07, 6.45) is 51.5. The molecule has 3 aliphatic heterocycles. The zero-order valence-electron chi connectivity index (χ0n) is 63.7. The lowest BCUT2D eigenvalue weighted by Gasteiger charge is -2.48. The molecule has 0 aromatic carbocycles. The largest absolute Gasteiger partial charge is 0.394 e. The summed E-state index contributed by atoms with van der Waals surface area (Å²) in [7, 11) is 0. The normalized spacial score (nSPS) is 26.4. The number of amides is 1. The third-order valence-electron chi connectivity index (χ3n) is 20.9. The smallest absolute Gasteiger partial charge is 0.220 e. The molecule has 19 heteroatoms. The molecular formula is C82H153NO18. The first-order valence-electron chi connectivity index (χ1n) is 41.7. The second kappa shape index (κ2) is 63.0. The van der Waals surface area contributed by atoms with E-state index in [9.17, 15) is 61.0 Å². The van der Waals surface area contributed by atoms with Gasteiger partial charge in [0, 0.05) is 6.42 Å². The molecule has 101 heavy (non-hydrogen) atoms. The van der Waals surface area contributed by atoms with Crippen molar-refractivity contribution in [2.75, 3.05) is 26.4 Å². The summed E-state index contributed by atoms with van der Waals surface area (Å²) in [6, 6.07) is -0.990. The number of ether oxygens (including phenoxy) is 6. The Balaban J connectivity index is 1.36. The molecule has 0 bridgehead atoms. The number of allylic oxidation sites excluding steroid dienone is 5. The third-order valence-corrected chi connectivity index (χ3v) is 20.9. The Bertz CT molecular complexity index is 1960. The van der Waals surface area contributed by atoms with Gasteiger partial charge in [-0.15, -0.1) is 0 Å². The summed E-state index contributed by atoms with van der Waals surface area (Å²) in [5, 5.41) is 121. The average molecular weight is 1440 g/mol. The highest BCUT2D eigenvalue weighted by atomic mass is 16.8. The van der Waals surface area contributed by atoms with E-state index in [1.807, 2.05) is 6.08 Å². The molecule has 0 aromatic rings. The minimum absolute atomic E-state index is 0.240. The number of aliphatic hydroxyl groups is 11. The van der Waals surface area contributed by atoms with Crippen LogP contribution in [0.1, 0.15) is 348 Å². The second-order valence-electron chi connectivity index (χ2n) is 29.9. The molecule has 3 heterocycles. The van der Waals surface area contributed by atoms with Crippen LogP contribution in [0.15, 0.2) is 36.5 Å². The highest BCUT2D eigenvalue weighted by Gasteiger charge is 2.54. The number of nitrogens with one attached hydrogen (secondary N) is 1. The van der Waals surface area contributed by atoms with Crippen LogP contribution in [-0.2, 0) is 33.2 Å². The van der Waals surface area contributed by atoms with Gasteiger partial charge in [-0.25, -0.2) is 0 Å². The van der Waals surface area contributed by atoms with Crippen molar-refractivity contribution in [3.05, 3.63) is 36.5 Å². The van der Waals surface area contributed by atoms with E-state index >= 15 is 0 Å². The predicted octanol–water partition coefficient (Wildman–Crippen LogP) is 14.3. The van der Waals surface area contributed by atoms with E-state index in [2.05, 4.69) is 43.5 Å². The minimum Gasteiger partial charge on any atom is -0.394 e. The molecule has 12 N–H and O–H groups in total. The first kappa shape index (κ1) is 93.2. The van der Waals surface area contributed by atoms with Crippen LogP contribution in [-0.4, -0.2) is 193 Å². The van der Waals surface area contributed by atoms with E-state index in [0.717, 1.165) is 38.5 Å². The Morgan fingerprint density at radius 3 is 0.990 bits per heavy atom. The highest BCUT2D eigenvalue weighted by Crippen LogP contribution is 2.33. The van der Waals surface area contributed by atoms with Crippen molar-refractivity contribution in [1.82, 2.24) is 5.32 Å². The van der Waals surface area contributed by atoms with Gasteiger partial charge in [-0.2, -0.15) is 0 Å². The lowest BCUT2D eigenvalue weighted by molar-refractivity contribution is -0.379. The molecule has 17 unspecified atom stereocenters. The fraction of sp³-hybridized carbons (Fsp3) is 0.915. The maximum atomic E-state index is 13.5. The van der Waals surface area contributed by atoms with Crippen molar-refractivity contribution < 1.29 is 89.4 Å². The van der Waals surface area contributed by atoms with Crippen molar-refractivity contribution in [2.24, 2.45) is 0 Å². The van der Waals surface area contributed by atoms with Crippen LogP contribution in [0.5, 0.6) is 0 Å². The number of rotatable bonds is 67. The van der Waals surface area contributed by atoms with E-state index in [-0.39, 0.29) is 18.9 Å². The fourth-order valence-corrected chi connectivity index (χ4v) is 14.2. The summed E-state index contributed by atoms with van der Waals surface area (Å²) in [4.78, 5) is 13.5. The number of hydrogen-bond donors (Lipinski definition) is 12. The lowest BCUT2D eigenvalue weighted by Crippen LogP contribution is -2.66. The van der Waals surface area contributed by atoms with Crippen LogP contribution in [0.2, 0.25) is 0 Å². The van der Waals surface area contributed by atoms with Crippen LogP contribution >= 0.6 is 0 Å². The van der Waals surface area contributed by atoms with Gasteiger partial charge in [0.1, 0.15) is 73.2 Å². The van der Waals surface area contributed by atoms with Crippen LogP contribution in [0.25, 0.3) is 0 Å². The minimum atomic E-state index is -1.98. The highest BCUT2D eigenvalue weighted by molar-refractivity contribution is 5.76. The van der Waals surface area contributed by atoms with Gasteiger partial charge < -0.3 is 89.9 Å². The van der Waals surface area contributed by atoms with Crippen LogP contribution in [0, 0.1) is 0 Å². The zero-order chi connectivity index (χ0) is 73.2. The summed E-state index contributed by atoms with van der Waals surface area (Å²) in [5.41, 5.74) is 0. The van der Waals surface area contributed by atoms with Gasteiger partial charge in [-0.05, 0) is 57.8 Å². The third kappa shape index (κ3) is 43.0. The lowest BCUT2D eigenvalue weighted by atomic mass is 9.96. The molecule has 3 aliphatic rings. The molecule has 0 saturated carbocycles. The van der Waals surface area contributed by atoms with Crippen molar-refractivity contribution >= 4 is 5.91 Å². The maximum absolute atomic E-state index is 13.5. The molecule has 0 aromatic heterocycles. The molecule has 3 saturated heterocycles. The molecule has 17 atom stereocenters. The Morgan fingerprint density at radius 1 is 0.347 bits per heavy atom. The van der Waals surface area contributed by atoms with Crippen LogP contribution < -0.4 is 5.32 Å². The van der Waals surface area contributed by atoms with Crippen molar-refractivity contribution in [1.29, 1.82) is 0 Å².